The second kappa shape index (κ2) is 6.87. The van der Waals surface area contributed by atoms with Crippen LogP contribution >= 0.6 is 23.2 Å². The summed E-state index contributed by atoms with van der Waals surface area (Å²) in [6, 6.07) is 5.10. The molecule has 6 heteroatoms. The summed E-state index contributed by atoms with van der Waals surface area (Å²) in [4.78, 5) is 0. The molecular formula is C13H18Cl2N2O2. The smallest absolute Gasteiger partial charge is 0.144 e. The van der Waals surface area contributed by atoms with Crippen LogP contribution in [0.2, 0.25) is 10.0 Å². The first kappa shape index (κ1) is 15.9. The molecule has 1 aromatic rings. The van der Waals surface area contributed by atoms with E-state index in [1.165, 1.54) is 0 Å². The SMILES string of the molecule is CC(C)(CCCOc1ccc(Cl)cc1Cl)C(N)=NO. The van der Waals surface area contributed by atoms with Crippen molar-refractivity contribution < 1.29 is 9.94 Å². The van der Waals surface area contributed by atoms with Gasteiger partial charge in [0.1, 0.15) is 11.6 Å². The second-order valence-electron chi connectivity index (χ2n) is 4.90. The Morgan fingerprint density at radius 1 is 1.42 bits per heavy atom. The lowest BCUT2D eigenvalue weighted by molar-refractivity contribution is 0.277. The summed E-state index contributed by atoms with van der Waals surface area (Å²) in [6.07, 6.45) is 1.51. The van der Waals surface area contributed by atoms with E-state index in [2.05, 4.69) is 5.16 Å². The molecule has 4 nitrogen and oxygen atoms in total. The van der Waals surface area contributed by atoms with Crippen molar-refractivity contribution in [2.45, 2.75) is 26.7 Å². The fourth-order valence-electron chi connectivity index (χ4n) is 1.55. The lowest BCUT2D eigenvalue weighted by Crippen LogP contribution is -2.32. The van der Waals surface area contributed by atoms with Gasteiger partial charge in [-0.2, -0.15) is 0 Å². The van der Waals surface area contributed by atoms with Gasteiger partial charge in [0.05, 0.1) is 11.6 Å². The van der Waals surface area contributed by atoms with Crippen LogP contribution < -0.4 is 10.5 Å². The third-order valence-electron chi connectivity index (χ3n) is 2.90. The second-order valence-corrected chi connectivity index (χ2v) is 5.74. The fourth-order valence-corrected chi connectivity index (χ4v) is 2.01. The van der Waals surface area contributed by atoms with Crippen LogP contribution in [0.5, 0.6) is 5.75 Å². The predicted octanol–water partition coefficient (Wildman–Crippen LogP) is 3.93. The molecule has 0 aliphatic rings. The third kappa shape index (κ3) is 4.80. The van der Waals surface area contributed by atoms with Gasteiger partial charge in [-0.05, 0) is 31.0 Å². The fraction of sp³-hybridized carbons (Fsp3) is 0.462. The molecule has 0 aliphatic carbocycles. The van der Waals surface area contributed by atoms with E-state index < -0.39 is 0 Å². The number of rotatable bonds is 6. The van der Waals surface area contributed by atoms with Crippen LogP contribution in [0.1, 0.15) is 26.7 Å². The van der Waals surface area contributed by atoms with Crippen LogP contribution in [-0.4, -0.2) is 17.6 Å². The Morgan fingerprint density at radius 3 is 2.68 bits per heavy atom. The topological polar surface area (TPSA) is 67.8 Å². The van der Waals surface area contributed by atoms with Crippen molar-refractivity contribution in [3.05, 3.63) is 28.2 Å². The number of halogens is 2. The lowest BCUT2D eigenvalue weighted by Gasteiger charge is -2.22. The number of amidine groups is 1. The molecule has 0 amide bonds. The predicted molar refractivity (Wildman–Crippen MR) is 78.4 cm³/mol. The quantitative estimate of drug-likeness (QED) is 0.275. The summed E-state index contributed by atoms with van der Waals surface area (Å²) in [6.45, 7) is 4.33. The molecule has 19 heavy (non-hydrogen) atoms. The molecule has 1 aromatic carbocycles. The van der Waals surface area contributed by atoms with Gasteiger partial charge in [-0.15, -0.1) is 0 Å². The minimum absolute atomic E-state index is 0.219. The van der Waals surface area contributed by atoms with Gasteiger partial charge in [-0.3, -0.25) is 0 Å². The monoisotopic (exact) mass is 304 g/mol. The molecule has 0 heterocycles. The average Bonchev–Trinajstić information content (AvgIpc) is 2.35. The van der Waals surface area contributed by atoms with E-state index in [9.17, 15) is 0 Å². The molecule has 0 radical (unpaired) electrons. The van der Waals surface area contributed by atoms with Gasteiger partial charge in [-0.25, -0.2) is 0 Å². The largest absolute Gasteiger partial charge is 0.492 e. The minimum atomic E-state index is -0.359. The van der Waals surface area contributed by atoms with E-state index in [1.807, 2.05) is 13.8 Å². The normalized spacial score (nSPS) is 12.5. The first-order chi connectivity index (χ1) is 8.86. The Morgan fingerprint density at radius 2 is 2.11 bits per heavy atom. The molecule has 0 bridgehead atoms. The number of ether oxygens (including phenoxy) is 1. The van der Waals surface area contributed by atoms with Crippen molar-refractivity contribution in [3.8, 4) is 5.75 Å². The Labute approximate surface area is 123 Å². The van der Waals surface area contributed by atoms with Gasteiger partial charge in [-0.1, -0.05) is 42.2 Å². The van der Waals surface area contributed by atoms with Crippen molar-refractivity contribution >= 4 is 29.0 Å². The zero-order valence-corrected chi connectivity index (χ0v) is 12.5. The highest BCUT2D eigenvalue weighted by molar-refractivity contribution is 6.35. The molecule has 3 N–H and O–H groups in total. The van der Waals surface area contributed by atoms with Gasteiger partial charge in [0.15, 0.2) is 0 Å². The maximum atomic E-state index is 8.67. The van der Waals surface area contributed by atoms with Crippen molar-refractivity contribution in [2.24, 2.45) is 16.3 Å². The van der Waals surface area contributed by atoms with E-state index in [0.29, 0.717) is 22.4 Å². The first-order valence-electron chi connectivity index (χ1n) is 5.92. The molecular weight excluding hydrogens is 287 g/mol. The van der Waals surface area contributed by atoms with E-state index in [1.54, 1.807) is 18.2 Å². The molecule has 0 aliphatic heterocycles. The molecule has 0 spiro atoms. The standard InChI is InChI=1S/C13H18Cl2N2O2/c1-13(2,12(16)17-18)6-3-7-19-11-5-4-9(14)8-10(11)15/h4-5,8,18H,3,6-7H2,1-2H3,(H2,16,17). The number of hydrogen-bond acceptors (Lipinski definition) is 3. The Hall–Kier alpha value is -1.13. The summed E-state index contributed by atoms with van der Waals surface area (Å²) in [5.74, 6) is 0.824. The number of nitrogens with two attached hydrogens (primary N) is 1. The minimum Gasteiger partial charge on any atom is -0.492 e. The Balaban J connectivity index is 2.43. The van der Waals surface area contributed by atoms with Gasteiger partial charge >= 0.3 is 0 Å². The molecule has 0 saturated heterocycles. The Kier molecular flexibility index (Phi) is 5.76. The van der Waals surface area contributed by atoms with Crippen molar-refractivity contribution in [3.63, 3.8) is 0 Å². The summed E-state index contributed by atoms with van der Waals surface area (Å²) < 4.78 is 5.57. The highest BCUT2D eigenvalue weighted by Crippen LogP contribution is 2.28. The molecule has 106 valence electrons. The van der Waals surface area contributed by atoms with Gasteiger partial charge in [0.2, 0.25) is 0 Å². The van der Waals surface area contributed by atoms with Gasteiger partial charge < -0.3 is 15.7 Å². The molecule has 1 rings (SSSR count). The number of benzene rings is 1. The maximum Gasteiger partial charge on any atom is 0.144 e. The lowest BCUT2D eigenvalue weighted by atomic mass is 9.87. The van der Waals surface area contributed by atoms with Gasteiger partial charge in [0.25, 0.3) is 0 Å². The molecule has 0 atom stereocenters. The third-order valence-corrected chi connectivity index (χ3v) is 3.43. The molecule has 0 aromatic heterocycles. The highest BCUT2D eigenvalue weighted by atomic mass is 35.5. The first-order valence-corrected chi connectivity index (χ1v) is 6.68. The van der Waals surface area contributed by atoms with E-state index >= 15 is 0 Å². The van der Waals surface area contributed by atoms with Crippen molar-refractivity contribution in [1.82, 2.24) is 0 Å². The summed E-state index contributed by atoms with van der Waals surface area (Å²) in [5.41, 5.74) is 5.25. The number of hydrogen-bond donors (Lipinski definition) is 2. The molecule has 0 unspecified atom stereocenters. The zero-order chi connectivity index (χ0) is 14.5. The number of nitrogens with zero attached hydrogens (tertiary/aromatic N) is 1. The zero-order valence-electron chi connectivity index (χ0n) is 11.0. The maximum absolute atomic E-state index is 8.67. The van der Waals surface area contributed by atoms with Gasteiger partial charge in [0, 0.05) is 10.4 Å². The summed E-state index contributed by atoms with van der Waals surface area (Å²) in [5, 5.41) is 12.8. The van der Waals surface area contributed by atoms with Crippen LogP contribution in [-0.2, 0) is 0 Å². The highest BCUT2D eigenvalue weighted by Gasteiger charge is 2.22. The molecule has 0 fully saturated rings. The van der Waals surface area contributed by atoms with E-state index in [0.717, 1.165) is 12.8 Å². The van der Waals surface area contributed by atoms with E-state index in [4.69, 9.17) is 38.9 Å². The summed E-state index contributed by atoms with van der Waals surface area (Å²) in [7, 11) is 0. The van der Waals surface area contributed by atoms with Crippen molar-refractivity contribution in [1.29, 1.82) is 0 Å². The van der Waals surface area contributed by atoms with Crippen LogP contribution in [0.3, 0.4) is 0 Å². The van der Waals surface area contributed by atoms with Crippen molar-refractivity contribution in [2.75, 3.05) is 6.61 Å². The molecule has 0 saturated carbocycles. The van der Waals surface area contributed by atoms with Crippen LogP contribution in [0.4, 0.5) is 0 Å². The number of oxime groups is 1. The van der Waals surface area contributed by atoms with Crippen LogP contribution in [0.15, 0.2) is 23.4 Å². The Bertz CT molecular complexity index is 462. The van der Waals surface area contributed by atoms with Crippen LogP contribution in [0.25, 0.3) is 0 Å². The van der Waals surface area contributed by atoms with E-state index in [-0.39, 0.29) is 11.3 Å². The van der Waals surface area contributed by atoms with Crippen LogP contribution in [0, 0.1) is 5.41 Å². The average molecular weight is 305 g/mol. The summed E-state index contributed by atoms with van der Waals surface area (Å²) >= 11 is 11.8.